The molecule has 2 aromatic rings. The molecule has 0 unspecified atom stereocenters. The molecular formula is C17H15Cl2NO2. The van der Waals surface area contributed by atoms with E-state index in [2.05, 4.69) is 11.4 Å². The van der Waals surface area contributed by atoms with Crippen LogP contribution in [0.25, 0.3) is 0 Å². The summed E-state index contributed by atoms with van der Waals surface area (Å²) in [5, 5.41) is 3.42. The van der Waals surface area contributed by atoms with Crippen LogP contribution < -0.4 is 10.1 Å². The van der Waals surface area contributed by atoms with Crippen LogP contribution >= 0.6 is 23.2 Å². The van der Waals surface area contributed by atoms with Gasteiger partial charge in [0.1, 0.15) is 5.75 Å². The van der Waals surface area contributed by atoms with Crippen molar-refractivity contribution >= 4 is 34.8 Å². The Morgan fingerprint density at radius 1 is 1.14 bits per heavy atom. The third-order valence-corrected chi connectivity index (χ3v) is 4.48. The first kappa shape index (κ1) is 15.2. The lowest BCUT2D eigenvalue weighted by Gasteiger charge is -2.10. The lowest BCUT2D eigenvalue weighted by molar-refractivity contribution is -0.118. The molecule has 0 radical (unpaired) electrons. The Balaban J connectivity index is 1.59. The molecule has 22 heavy (non-hydrogen) atoms. The van der Waals surface area contributed by atoms with Crippen molar-refractivity contribution in [1.29, 1.82) is 0 Å². The number of hydrogen-bond acceptors (Lipinski definition) is 2. The van der Waals surface area contributed by atoms with Crippen molar-refractivity contribution in [2.75, 3.05) is 11.9 Å². The summed E-state index contributed by atoms with van der Waals surface area (Å²) in [4.78, 5) is 11.9. The molecule has 3 rings (SSSR count). The molecule has 2 aromatic carbocycles. The van der Waals surface area contributed by atoms with Crippen molar-refractivity contribution in [2.45, 2.75) is 19.3 Å². The second-order valence-corrected chi connectivity index (χ2v) is 6.01. The van der Waals surface area contributed by atoms with Crippen LogP contribution in [0.2, 0.25) is 10.0 Å². The quantitative estimate of drug-likeness (QED) is 0.893. The molecular weight excluding hydrogens is 321 g/mol. The Bertz CT molecular complexity index is 716. The summed E-state index contributed by atoms with van der Waals surface area (Å²) in [6, 6.07) is 11.1. The Morgan fingerprint density at radius 3 is 2.82 bits per heavy atom. The molecule has 0 atom stereocenters. The van der Waals surface area contributed by atoms with Crippen LogP contribution in [0.1, 0.15) is 17.5 Å². The predicted octanol–water partition coefficient (Wildman–Crippen LogP) is 4.50. The van der Waals surface area contributed by atoms with Crippen LogP contribution in [-0.2, 0) is 17.6 Å². The van der Waals surface area contributed by atoms with Crippen LogP contribution in [0.5, 0.6) is 5.75 Å². The van der Waals surface area contributed by atoms with E-state index in [-0.39, 0.29) is 12.5 Å². The van der Waals surface area contributed by atoms with Gasteiger partial charge >= 0.3 is 0 Å². The average molecular weight is 336 g/mol. The van der Waals surface area contributed by atoms with E-state index in [1.807, 2.05) is 12.1 Å². The summed E-state index contributed by atoms with van der Waals surface area (Å²) in [5.41, 5.74) is 3.18. The van der Waals surface area contributed by atoms with Crippen LogP contribution in [0, 0.1) is 0 Å². The molecule has 0 saturated carbocycles. The lowest BCUT2D eigenvalue weighted by Crippen LogP contribution is -2.20. The molecule has 0 aromatic heterocycles. The standard InChI is InChI=1S/C17H15Cl2NO2/c18-14-5-2-6-15(17(14)19)20-16(21)10-22-13-8-7-11-3-1-4-12(11)9-13/h2,5-9H,1,3-4,10H2,(H,20,21). The highest BCUT2D eigenvalue weighted by Crippen LogP contribution is 2.29. The van der Waals surface area contributed by atoms with Crippen molar-refractivity contribution in [1.82, 2.24) is 0 Å². The number of amides is 1. The summed E-state index contributed by atoms with van der Waals surface area (Å²) in [6.45, 7) is -0.0678. The summed E-state index contributed by atoms with van der Waals surface area (Å²) < 4.78 is 5.55. The zero-order valence-corrected chi connectivity index (χ0v) is 13.4. The zero-order chi connectivity index (χ0) is 15.5. The molecule has 1 N–H and O–H groups in total. The SMILES string of the molecule is O=C(COc1ccc2c(c1)CCC2)Nc1cccc(Cl)c1Cl. The first-order chi connectivity index (χ1) is 10.6. The molecule has 0 spiro atoms. The maximum absolute atomic E-state index is 11.9. The van der Waals surface area contributed by atoms with Gasteiger partial charge in [-0.1, -0.05) is 35.3 Å². The minimum Gasteiger partial charge on any atom is -0.484 e. The number of nitrogens with one attached hydrogen (secondary N) is 1. The second kappa shape index (κ2) is 6.59. The smallest absolute Gasteiger partial charge is 0.262 e. The number of carbonyl (C=O) groups is 1. The van der Waals surface area contributed by atoms with Gasteiger partial charge in [-0.3, -0.25) is 4.79 Å². The normalized spacial score (nSPS) is 12.8. The third-order valence-electron chi connectivity index (χ3n) is 3.67. The van der Waals surface area contributed by atoms with Crippen molar-refractivity contribution in [3.8, 4) is 5.75 Å². The van der Waals surface area contributed by atoms with Gasteiger partial charge in [0.15, 0.2) is 6.61 Å². The largest absolute Gasteiger partial charge is 0.484 e. The highest BCUT2D eigenvalue weighted by Gasteiger charge is 2.12. The summed E-state index contributed by atoms with van der Waals surface area (Å²) in [7, 11) is 0. The predicted molar refractivity (Wildman–Crippen MR) is 89.1 cm³/mol. The number of benzene rings is 2. The van der Waals surface area contributed by atoms with Gasteiger partial charge in [-0.15, -0.1) is 0 Å². The van der Waals surface area contributed by atoms with Crippen LogP contribution in [0.15, 0.2) is 36.4 Å². The number of rotatable bonds is 4. The van der Waals surface area contributed by atoms with Crippen molar-refractivity contribution < 1.29 is 9.53 Å². The van der Waals surface area contributed by atoms with Gasteiger partial charge in [-0.25, -0.2) is 0 Å². The van der Waals surface area contributed by atoms with E-state index in [4.69, 9.17) is 27.9 Å². The maximum Gasteiger partial charge on any atom is 0.262 e. The fourth-order valence-electron chi connectivity index (χ4n) is 2.57. The van der Waals surface area contributed by atoms with Crippen LogP contribution in [-0.4, -0.2) is 12.5 Å². The molecule has 1 amide bonds. The molecule has 5 heteroatoms. The molecule has 0 saturated heterocycles. The maximum atomic E-state index is 11.9. The summed E-state index contributed by atoms with van der Waals surface area (Å²) in [5.74, 6) is 0.442. The van der Waals surface area contributed by atoms with E-state index >= 15 is 0 Å². The third kappa shape index (κ3) is 3.37. The second-order valence-electron chi connectivity index (χ2n) is 5.22. The molecule has 0 heterocycles. The zero-order valence-electron chi connectivity index (χ0n) is 11.9. The summed E-state index contributed by atoms with van der Waals surface area (Å²) >= 11 is 11.9. The highest BCUT2D eigenvalue weighted by molar-refractivity contribution is 6.43. The molecule has 3 nitrogen and oxygen atoms in total. The van der Waals surface area contributed by atoms with E-state index in [1.54, 1.807) is 18.2 Å². The number of carbonyl (C=O) groups excluding carboxylic acids is 1. The monoisotopic (exact) mass is 335 g/mol. The van der Waals surface area contributed by atoms with E-state index < -0.39 is 0 Å². The Morgan fingerprint density at radius 2 is 1.95 bits per heavy atom. The van der Waals surface area contributed by atoms with Gasteiger partial charge in [0.2, 0.25) is 0 Å². The van der Waals surface area contributed by atoms with Gasteiger partial charge in [-0.05, 0) is 54.7 Å². The fraction of sp³-hybridized carbons (Fsp3) is 0.235. The Labute approximate surface area is 139 Å². The van der Waals surface area contributed by atoms with Crippen LogP contribution in [0.3, 0.4) is 0 Å². The minimum absolute atomic E-state index is 0.0678. The van der Waals surface area contributed by atoms with Gasteiger partial charge in [0.25, 0.3) is 5.91 Å². The number of aryl methyl sites for hydroxylation is 2. The molecule has 0 fully saturated rings. The van der Waals surface area contributed by atoms with Gasteiger partial charge in [0, 0.05) is 0 Å². The lowest BCUT2D eigenvalue weighted by atomic mass is 10.1. The molecule has 1 aliphatic rings. The molecule has 1 aliphatic carbocycles. The van der Waals surface area contributed by atoms with Crippen molar-refractivity contribution in [2.24, 2.45) is 0 Å². The molecule has 0 aliphatic heterocycles. The molecule has 0 bridgehead atoms. The first-order valence-electron chi connectivity index (χ1n) is 7.12. The number of hydrogen-bond donors (Lipinski definition) is 1. The number of fused-ring (bicyclic) bond motifs is 1. The topological polar surface area (TPSA) is 38.3 Å². The minimum atomic E-state index is -0.273. The Hall–Kier alpha value is -1.71. The van der Waals surface area contributed by atoms with Gasteiger partial charge < -0.3 is 10.1 Å². The van der Waals surface area contributed by atoms with Crippen molar-refractivity contribution in [3.63, 3.8) is 0 Å². The molecule has 114 valence electrons. The van der Waals surface area contributed by atoms with Gasteiger partial charge in [0.05, 0.1) is 15.7 Å². The fourth-order valence-corrected chi connectivity index (χ4v) is 2.92. The summed E-state index contributed by atoms with van der Waals surface area (Å²) in [6.07, 6.45) is 3.40. The Kier molecular flexibility index (Phi) is 4.55. The highest BCUT2D eigenvalue weighted by atomic mass is 35.5. The number of ether oxygens (including phenoxy) is 1. The van der Waals surface area contributed by atoms with E-state index in [0.717, 1.165) is 12.8 Å². The van der Waals surface area contributed by atoms with E-state index in [9.17, 15) is 4.79 Å². The average Bonchev–Trinajstić information content (AvgIpc) is 2.97. The van der Waals surface area contributed by atoms with E-state index in [0.29, 0.717) is 21.5 Å². The number of halogens is 2. The van der Waals surface area contributed by atoms with Crippen molar-refractivity contribution in [3.05, 3.63) is 57.6 Å². The number of anilines is 1. The van der Waals surface area contributed by atoms with Gasteiger partial charge in [-0.2, -0.15) is 0 Å². The first-order valence-corrected chi connectivity index (χ1v) is 7.87. The van der Waals surface area contributed by atoms with E-state index in [1.165, 1.54) is 17.5 Å². The van der Waals surface area contributed by atoms with Crippen LogP contribution in [0.4, 0.5) is 5.69 Å².